The Morgan fingerprint density at radius 1 is 1.42 bits per heavy atom. The topological polar surface area (TPSA) is 29.5 Å². The lowest BCUT2D eigenvalue weighted by molar-refractivity contribution is 0.0309. The van der Waals surface area contributed by atoms with Gasteiger partial charge in [-0.3, -0.25) is 4.79 Å². The summed E-state index contributed by atoms with van der Waals surface area (Å²) in [5.74, 6) is 0. The van der Waals surface area contributed by atoms with Crippen molar-refractivity contribution in [2.75, 3.05) is 26.7 Å². The molecule has 104 valence electrons. The number of ether oxygens (including phenoxy) is 1. The summed E-state index contributed by atoms with van der Waals surface area (Å²) in [6.45, 7) is 5.14. The molecule has 0 aliphatic carbocycles. The minimum absolute atomic E-state index is 0.184. The molecule has 3 heteroatoms. The summed E-state index contributed by atoms with van der Waals surface area (Å²) in [4.78, 5) is 13.2. The smallest absolute Gasteiger partial charge is 0.150 e. The lowest BCUT2D eigenvalue weighted by Gasteiger charge is -2.28. The van der Waals surface area contributed by atoms with Crippen LogP contribution >= 0.6 is 0 Å². The predicted molar refractivity (Wildman–Crippen MR) is 76.6 cm³/mol. The van der Waals surface area contributed by atoms with Gasteiger partial charge in [0.15, 0.2) is 0 Å². The van der Waals surface area contributed by atoms with Crippen LogP contribution in [-0.4, -0.2) is 37.9 Å². The lowest BCUT2D eigenvalue weighted by atomic mass is 9.94. The molecule has 2 rings (SSSR count). The molecular weight excluding hydrogens is 238 g/mol. The van der Waals surface area contributed by atoms with Crippen molar-refractivity contribution in [2.24, 2.45) is 0 Å². The van der Waals surface area contributed by atoms with Crippen LogP contribution in [0.4, 0.5) is 0 Å². The Labute approximate surface area is 115 Å². The van der Waals surface area contributed by atoms with Crippen LogP contribution in [0.15, 0.2) is 18.2 Å². The van der Waals surface area contributed by atoms with Crippen molar-refractivity contribution in [1.82, 2.24) is 4.90 Å². The maximum atomic E-state index is 10.8. The Morgan fingerprint density at radius 3 is 3.00 bits per heavy atom. The molecule has 0 saturated carbocycles. The minimum atomic E-state index is 0.184. The summed E-state index contributed by atoms with van der Waals surface area (Å²) < 4.78 is 5.89. The molecule has 1 heterocycles. The van der Waals surface area contributed by atoms with E-state index in [1.54, 1.807) is 0 Å². The fourth-order valence-electron chi connectivity index (χ4n) is 2.70. The number of hydrogen-bond donors (Lipinski definition) is 0. The SMILES string of the molecule is CCCN(C)CCC1OCCc2cc(C=O)ccc21. The highest BCUT2D eigenvalue weighted by Crippen LogP contribution is 2.30. The van der Waals surface area contributed by atoms with E-state index in [9.17, 15) is 4.79 Å². The third kappa shape index (κ3) is 3.64. The van der Waals surface area contributed by atoms with Crippen molar-refractivity contribution in [3.05, 3.63) is 34.9 Å². The highest BCUT2D eigenvalue weighted by molar-refractivity contribution is 5.75. The molecule has 1 aromatic rings. The van der Waals surface area contributed by atoms with Gasteiger partial charge >= 0.3 is 0 Å². The molecule has 0 fully saturated rings. The molecule has 3 nitrogen and oxygen atoms in total. The van der Waals surface area contributed by atoms with Crippen LogP contribution in [0, 0.1) is 0 Å². The maximum absolute atomic E-state index is 10.8. The molecule has 0 N–H and O–H groups in total. The Morgan fingerprint density at radius 2 is 2.26 bits per heavy atom. The van der Waals surface area contributed by atoms with E-state index in [1.165, 1.54) is 17.5 Å². The summed E-state index contributed by atoms with van der Waals surface area (Å²) in [5.41, 5.74) is 3.31. The first-order valence-electron chi connectivity index (χ1n) is 7.12. The van der Waals surface area contributed by atoms with E-state index in [2.05, 4.69) is 24.9 Å². The molecule has 1 aliphatic heterocycles. The normalized spacial score (nSPS) is 18.4. The summed E-state index contributed by atoms with van der Waals surface area (Å²) in [6, 6.07) is 5.96. The summed E-state index contributed by atoms with van der Waals surface area (Å²) in [5, 5.41) is 0. The van der Waals surface area contributed by atoms with E-state index < -0.39 is 0 Å². The highest BCUT2D eigenvalue weighted by atomic mass is 16.5. The average molecular weight is 261 g/mol. The van der Waals surface area contributed by atoms with Crippen molar-refractivity contribution in [2.45, 2.75) is 32.3 Å². The monoisotopic (exact) mass is 261 g/mol. The maximum Gasteiger partial charge on any atom is 0.150 e. The highest BCUT2D eigenvalue weighted by Gasteiger charge is 2.21. The molecule has 1 aromatic carbocycles. The van der Waals surface area contributed by atoms with Crippen molar-refractivity contribution in [3.63, 3.8) is 0 Å². The van der Waals surface area contributed by atoms with Gasteiger partial charge in [0.25, 0.3) is 0 Å². The molecular formula is C16H23NO2. The van der Waals surface area contributed by atoms with Crippen LogP contribution in [0.1, 0.15) is 47.4 Å². The number of aldehydes is 1. The van der Waals surface area contributed by atoms with E-state index in [1.807, 2.05) is 12.1 Å². The Bertz CT molecular complexity index is 431. The Balaban J connectivity index is 2.03. The van der Waals surface area contributed by atoms with Crippen molar-refractivity contribution < 1.29 is 9.53 Å². The number of rotatable bonds is 6. The van der Waals surface area contributed by atoms with Gasteiger partial charge in [-0.05, 0) is 50.0 Å². The van der Waals surface area contributed by atoms with Gasteiger partial charge in [0.1, 0.15) is 6.29 Å². The van der Waals surface area contributed by atoms with Gasteiger partial charge in [-0.25, -0.2) is 0 Å². The lowest BCUT2D eigenvalue weighted by Crippen LogP contribution is -2.25. The first kappa shape index (κ1) is 14.2. The molecule has 0 bridgehead atoms. The third-order valence-corrected chi connectivity index (χ3v) is 3.72. The van der Waals surface area contributed by atoms with E-state index >= 15 is 0 Å². The van der Waals surface area contributed by atoms with Crippen LogP contribution in [0.25, 0.3) is 0 Å². The summed E-state index contributed by atoms with van der Waals surface area (Å²) in [7, 11) is 2.16. The first-order valence-corrected chi connectivity index (χ1v) is 7.12. The average Bonchev–Trinajstić information content (AvgIpc) is 2.44. The number of hydrogen-bond acceptors (Lipinski definition) is 3. The van der Waals surface area contributed by atoms with E-state index in [4.69, 9.17) is 4.74 Å². The Kier molecular flexibility index (Phi) is 5.11. The summed E-state index contributed by atoms with van der Waals surface area (Å²) >= 11 is 0. The van der Waals surface area contributed by atoms with Crippen molar-refractivity contribution >= 4 is 6.29 Å². The van der Waals surface area contributed by atoms with Gasteiger partial charge in [-0.15, -0.1) is 0 Å². The molecule has 0 amide bonds. The van der Waals surface area contributed by atoms with E-state index in [0.717, 1.165) is 44.4 Å². The number of carbonyl (C=O) groups is 1. The number of carbonyl (C=O) groups excluding carboxylic acids is 1. The molecule has 19 heavy (non-hydrogen) atoms. The molecule has 1 unspecified atom stereocenters. The van der Waals surface area contributed by atoms with Crippen LogP contribution in [0.5, 0.6) is 0 Å². The second-order valence-electron chi connectivity index (χ2n) is 5.28. The van der Waals surface area contributed by atoms with Crippen LogP contribution in [-0.2, 0) is 11.2 Å². The zero-order valence-corrected chi connectivity index (χ0v) is 11.9. The standard InChI is InChI=1S/C16H23NO2/c1-3-8-17(2)9-6-16-15-5-4-13(12-18)11-14(15)7-10-19-16/h4-5,11-12,16H,3,6-10H2,1-2H3. The van der Waals surface area contributed by atoms with Gasteiger partial charge in [0.2, 0.25) is 0 Å². The largest absolute Gasteiger partial charge is 0.373 e. The van der Waals surface area contributed by atoms with Gasteiger partial charge < -0.3 is 9.64 Å². The van der Waals surface area contributed by atoms with E-state index in [-0.39, 0.29) is 6.10 Å². The Hall–Kier alpha value is -1.19. The quantitative estimate of drug-likeness (QED) is 0.737. The predicted octanol–water partition coefficient (Wildman–Crippen LogP) is 2.84. The molecule has 0 radical (unpaired) electrons. The minimum Gasteiger partial charge on any atom is -0.373 e. The summed E-state index contributed by atoms with van der Waals surface area (Å²) in [6.07, 6.45) is 4.22. The zero-order chi connectivity index (χ0) is 13.7. The number of fused-ring (bicyclic) bond motifs is 1. The molecule has 0 aromatic heterocycles. The molecule has 1 atom stereocenters. The van der Waals surface area contributed by atoms with Gasteiger partial charge in [-0.2, -0.15) is 0 Å². The second kappa shape index (κ2) is 6.83. The van der Waals surface area contributed by atoms with Gasteiger partial charge in [0.05, 0.1) is 12.7 Å². The second-order valence-corrected chi connectivity index (χ2v) is 5.28. The van der Waals surface area contributed by atoms with Gasteiger partial charge in [-0.1, -0.05) is 19.1 Å². The number of nitrogens with zero attached hydrogens (tertiary/aromatic N) is 1. The van der Waals surface area contributed by atoms with Crippen LogP contribution in [0.3, 0.4) is 0 Å². The third-order valence-electron chi connectivity index (χ3n) is 3.72. The zero-order valence-electron chi connectivity index (χ0n) is 11.9. The fraction of sp³-hybridized carbons (Fsp3) is 0.562. The fourth-order valence-corrected chi connectivity index (χ4v) is 2.70. The molecule has 0 spiro atoms. The van der Waals surface area contributed by atoms with Crippen LogP contribution < -0.4 is 0 Å². The first-order chi connectivity index (χ1) is 9.24. The van der Waals surface area contributed by atoms with Crippen LogP contribution in [0.2, 0.25) is 0 Å². The van der Waals surface area contributed by atoms with E-state index in [0.29, 0.717) is 0 Å². The number of benzene rings is 1. The van der Waals surface area contributed by atoms with Crippen molar-refractivity contribution in [3.8, 4) is 0 Å². The van der Waals surface area contributed by atoms with Gasteiger partial charge in [0, 0.05) is 12.1 Å². The molecule has 0 saturated heterocycles. The molecule has 1 aliphatic rings. The van der Waals surface area contributed by atoms with Crippen molar-refractivity contribution in [1.29, 1.82) is 0 Å².